The van der Waals surface area contributed by atoms with Crippen LogP contribution in [0, 0.1) is 13.8 Å². The molecule has 0 saturated carbocycles. The van der Waals surface area contributed by atoms with Crippen molar-refractivity contribution in [3.8, 4) is 11.5 Å². The highest BCUT2D eigenvalue weighted by atomic mass is 16.5. The van der Waals surface area contributed by atoms with Crippen molar-refractivity contribution in [2.75, 3.05) is 13.7 Å². The highest BCUT2D eigenvalue weighted by Gasteiger charge is 2.43. The normalized spacial score (nSPS) is 14.9. The summed E-state index contributed by atoms with van der Waals surface area (Å²) in [6.07, 6.45) is 3.40. The molecule has 1 atom stereocenters. The largest absolute Gasteiger partial charge is 0.493 e. The summed E-state index contributed by atoms with van der Waals surface area (Å²) >= 11 is 0. The number of hydrogen-bond donors (Lipinski definition) is 0. The Kier molecular flexibility index (Phi) is 5.76. The van der Waals surface area contributed by atoms with Crippen molar-refractivity contribution >= 4 is 16.9 Å². The number of hydrogen-bond acceptors (Lipinski definition) is 6. The zero-order chi connectivity index (χ0) is 24.7. The summed E-state index contributed by atoms with van der Waals surface area (Å²) in [7, 11) is 1.57. The molecule has 2 aromatic carbocycles. The molecular weight excluding hydrogens is 444 g/mol. The molecule has 7 nitrogen and oxygen atoms in total. The Balaban J connectivity index is 1.75. The quantitative estimate of drug-likeness (QED) is 0.396. The molecule has 1 aliphatic heterocycles. The van der Waals surface area contributed by atoms with E-state index in [4.69, 9.17) is 13.9 Å². The number of carbonyl (C=O) groups excluding carboxylic acids is 1. The van der Waals surface area contributed by atoms with Gasteiger partial charge in [0.05, 0.1) is 30.7 Å². The van der Waals surface area contributed by atoms with Gasteiger partial charge < -0.3 is 18.8 Å². The predicted molar refractivity (Wildman–Crippen MR) is 132 cm³/mol. The van der Waals surface area contributed by atoms with E-state index in [-0.39, 0.29) is 23.6 Å². The average molecular weight is 471 g/mol. The Morgan fingerprint density at radius 2 is 1.91 bits per heavy atom. The second kappa shape index (κ2) is 8.91. The fourth-order valence-electron chi connectivity index (χ4n) is 4.80. The van der Waals surface area contributed by atoms with Crippen LogP contribution in [0.5, 0.6) is 11.5 Å². The first-order chi connectivity index (χ1) is 16.9. The van der Waals surface area contributed by atoms with Gasteiger partial charge in [0.1, 0.15) is 5.58 Å². The minimum absolute atomic E-state index is 0.0798. The molecule has 0 N–H and O–H groups in total. The number of benzene rings is 2. The van der Waals surface area contributed by atoms with Crippen molar-refractivity contribution in [2.45, 2.75) is 33.4 Å². The molecule has 0 bridgehead atoms. The number of ether oxygens (including phenoxy) is 2. The van der Waals surface area contributed by atoms with E-state index in [0.29, 0.717) is 34.6 Å². The Hall–Kier alpha value is -4.13. The van der Waals surface area contributed by atoms with Crippen molar-refractivity contribution in [1.29, 1.82) is 0 Å². The number of nitrogens with zero attached hydrogens (tertiary/aromatic N) is 2. The van der Waals surface area contributed by atoms with E-state index in [1.165, 1.54) is 0 Å². The van der Waals surface area contributed by atoms with Crippen LogP contribution in [0.2, 0.25) is 0 Å². The number of fused-ring (bicyclic) bond motifs is 2. The van der Waals surface area contributed by atoms with Gasteiger partial charge >= 0.3 is 0 Å². The predicted octanol–water partition coefficient (Wildman–Crippen LogP) is 4.96. The molecule has 35 heavy (non-hydrogen) atoms. The van der Waals surface area contributed by atoms with Gasteiger partial charge in [-0.25, -0.2) is 0 Å². The van der Waals surface area contributed by atoms with Gasteiger partial charge in [-0.05, 0) is 67.3 Å². The Bertz CT molecular complexity index is 1490. The molecule has 0 spiro atoms. The topological polar surface area (TPSA) is 81.9 Å². The molecular formula is C28H26N2O5. The maximum absolute atomic E-state index is 13.9. The van der Waals surface area contributed by atoms with Crippen LogP contribution in [0.3, 0.4) is 0 Å². The minimum atomic E-state index is -0.649. The van der Waals surface area contributed by atoms with Crippen LogP contribution < -0.4 is 14.9 Å². The lowest BCUT2D eigenvalue weighted by Gasteiger charge is -2.25. The lowest BCUT2D eigenvalue weighted by atomic mass is 9.97. The first kappa shape index (κ1) is 22.7. The van der Waals surface area contributed by atoms with E-state index in [1.807, 2.05) is 57.2 Å². The monoisotopic (exact) mass is 470 g/mol. The van der Waals surface area contributed by atoms with Crippen LogP contribution >= 0.6 is 0 Å². The molecule has 2 aromatic heterocycles. The third-order valence-electron chi connectivity index (χ3n) is 6.28. The van der Waals surface area contributed by atoms with Gasteiger partial charge in [-0.15, -0.1) is 0 Å². The Labute approximate surface area is 202 Å². The SMILES string of the molecule is CCOc1ccc([C@H]2c3c(oc4c(C)cc(C)cc4c3=O)C(=O)N2Cc2cccnc2)cc1OC. The molecule has 5 rings (SSSR count). The lowest BCUT2D eigenvalue weighted by molar-refractivity contribution is 0.0714. The van der Waals surface area contributed by atoms with Gasteiger partial charge in [-0.2, -0.15) is 0 Å². The second-order valence-electron chi connectivity index (χ2n) is 8.67. The van der Waals surface area contributed by atoms with Crippen LogP contribution in [0.4, 0.5) is 0 Å². The van der Waals surface area contributed by atoms with Crippen molar-refractivity contribution in [3.63, 3.8) is 0 Å². The first-order valence-corrected chi connectivity index (χ1v) is 11.5. The molecule has 0 aliphatic carbocycles. The van der Waals surface area contributed by atoms with E-state index >= 15 is 0 Å². The van der Waals surface area contributed by atoms with E-state index < -0.39 is 6.04 Å². The number of aromatic nitrogens is 1. The molecule has 0 fully saturated rings. The van der Waals surface area contributed by atoms with Gasteiger partial charge in [-0.1, -0.05) is 18.2 Å². The second-order valence-corrected chi connectivity index (χ2v) is 8.67. The summed E-state index contributed by atoms with van der Waals surface area (Å²) < 4.78 is 17.4. The first-order valence-electron chi connectivity index (χ1n) is 11.5. The molecule has 7 heteroatoms. The summed E-state index contributed by atoms with van der Waals surface area (Å²) in [5, 5.41) is 0.472. The molecule has 0 saturated heterocycles. The van der Waals surface area contributed by atoms with Crippen molar-refractivity contribution in [2.24, 2.45) is 0 Å². The van der Waals surface area contributed by atoms with Crippen LogP contribution in [0.25, 0.3) is 11.0 Å². The van der Waals surface area contributed by atoms with Gasteiger partial charge in [0.2, 0.25) is 5.76 Å². The van der Waals surface area contributed by atoms with Crippen molar-refractivity contribution in [3.05, 3.63) is 98.7 Å². The third-order valence-corrected chi connectivity index (χ3v) is 6.28. The average Bonchev–Trinajstić information content (AvgIpc) is 3.13. The fraction of sp³-hybridized carbons (Fsp3) is 0.250. The van der Waals surface area contributed by atoms with Gasteiger partial charge in [0, 0.05) is 18.9 Å². The maximum atomic E-state index is 13.9. The van der Waals surface area contributed by atoms with Crippen molar-refractivity contribution in [1.82, 2.24) is 9.88 Å². The summed E-state index contributed by atoms with van der Waals surface area (Å²) in [4.78, 5) is 33.4. The number of amides is 1. The van der Waals surface area contributed by atoms with E-state index in [2.05, 4.69) is 4.98 Å². The van der Waals surface area contributed by atoms with E-state index in [1.54, 1.807) is 30.5 Å². The van der Waals surface area contributed by atoms with Gasteiger partial charge in [0.25, 0.3) is 5.91 Å². The Morgan fingerprint density at radius 3 is 2.63 bits per heavy atom. The summed E-state index contributed by atoms with van der Waals surface area (Å²) in [5.74, 6) is 0.874. The van der Waals surface area contributed by atoms with Crippen LogP contribution in [0.15, 0.2) is 64.1 Å². The number of aryl methyl sites for hydroxylation is 2. The minimum Gasteiger partial charge on any atom is -0.493 e. The van der Waals surface area contributed by atoms with Crippen LogP contribution in [-0.4, -0.2) is 29.5 Å². The maximum Gasteiger partial charge on any atom is 0.291 e. The molecule has 178 valence electrons. The fourth-order valence-corrected chi connectivity index (χ4v) is 4.80. The Morgan fingerprint density at radius 1 is 1.09 bits per heavy atom. The highest BCUT2D eigenvalue weighted by molar-refractivity contribution is 5.99. The summed E-state index contributed by atoms with van der Waals surface area (Å²) in [6, 6.07) is 12.3. The smallest absolute Gasteiger partial charge is 0.291 e. The van der Waals surface area contributed by atoms with Crippen LogP contribution in [0.1, 0.15) is 51.3 Å². The van der Waals surface area contributed by atoms with E-state index in [0.717, 1.165) is 22.3 Å². The third kappa shape index (κ3) is 3.83. The summed E-state index contributed by atoms with van der Waals surface area (Å²) in [6.45, 7) is 6.47. The molecule has 4 aromatic rings. The van der Waals surface area contributed by atoms with Crippen LogP contribution in [-0.2, 0) is 6.54 Å². The van der Waals surface area contributed by atoms with Gasteiger partial charge in [-0.3, -0.25) is 14.6 Å². The number of rotatable bonds is 6. The molecule has 3 heterocycles. The molecule has 1 aliphatic rings. The number of pyridine rings is 1. The molecule has 1 amide bonds. The number of carbonyl (C=O) groups is 1. The lowest BCUT2D eigenvalue weighted by Crippen LogP contribution is -2.29. The van der Waals surface area contributed by atoms with Crippen molar-refractivity contribution < 1.29 is 18.7 Å². The highest BCUT2D eigenvalue weighted by Crippen LogP contribution is 2.42. The van der Waals surface area contributed by atoms with Gasteiger partial charge in [0.15, 0.2) is 16.9 Å². The zero-order valence-corrected chi connectivity index (χ0v) is 20.1. The summed E-state index contributed by atoms with van der Waals surface area (Å²) in [5.41, 5.74) is 3.93. The standard InChI is InChI=1S/C28H26N2O5/c1-5-34-21-9-8-19(13-22(21)33-4)24-23-25(31)20-12-16(2)11-17(3)26(20)35-27(23)28(32)30(24)15-18-7-6-10-29-14-18/h6-14,24H,5,15H2,1-4H3/t24-/m0/s1. The number of methoxy groups -OCH3 is 1. The molecule has 0 radical (unpaired) electrons. The van der Waals surface area contributed by atoms with E-state index in [9.17, 15) is 9.59 Å². The molecule has 0 unspecified atom stereocenters. The zero-order valence-electron chi connectivity index (χ0n) is 20.1.